The van der Waals surface area contributed by atoms with Crippen molar-refractivity contribution in [3.8, 4) is 0 Å². The van der Waals surface area contributed by atoms with E-state index in [1.165, 1.54) is 25.3 Å². The number of halogens is 1. The highest BCUT2D eigenvalue weighted by molar-refractivity contribution is 5.96. The number of carbonyl (C=O) groups is 2. The number of carboxylic acids is 1. The van der Waals surface area contributed by atoms with E-state index in [1.54, 1.807) is 0 Å². The van der Waals surface area contributed by atoms with Crippen LogP contribution in [0.5, 0.6) is 0 Å². The van der Waals surface area contributed by atoms with Gasteiger partial charge in [0.15, 0.2) is 6.04 Å². The lowest BCUT2D eigenvalue weighted by molar-refractivity contribution is -0.140. The summed E-state index contributed by atoms with van der Waals surface area (Å²) >= 11 is 0. The standard InChI is InChI=1S/C11H12FNO4/c1-17-6-9(11(15)16)13-10(14)7-4-2-3-5-8(7)12/h2-5,9H,6H2,1H3,(H,13,14)(H,15,16). The van der Waals surface area contributed by atoms with Crippen LogP contribution < -0.4 is 5.32 Å². The smallest absolute Gasteiger partial charge is 0.328 e. The summed E-state index contributed by atoms with van der Waals surface area (Å²) in [6, 6.07) is 4.13. The third kappa shape index (κ3) is 3.53. The van der Waals surface area contributed by atoms with Crippen LogP contribution in [0.25, 0.3) is 0 Å². The van der Waals surface area contributed by atoms with Crippen molar-refractivity contribution in [3.63, 3.8) is 0 Å². The van der Waals surface area contributed by atoms with Crippen molar-refractivity contribution in [2.45, 2.75) is 6.04 Å². The van der Waals surface area contributed by atoms with Gasteiger partial charge in [0.25, 0.3) is 5.91 Å². The number of rotatable bonds is 5. The average molecular weight is 241 g/mol. The largest absolute Gasteiger partial charge is 0.480 e. The van der Waals surface area contributed by atoms with Crippen LogP contribution in [0, 0.1) is 5.82 Å². The van der Waals surface area contributed by atoms with Crippen LogP contribution >= 0.6 is 0 Å². The first-order valence-corrected chi connectivity index (χ1v) is 4.83. The van der Waals surface area contributed by atoms with Crippen LogP contribution in [0.3, 0.4) is 0 Å². The van der Waals surface area contributed by atoms with Gasteiger partial charge in [-0.3, -0.25) is 4.79 Å². The monoisotopic (exact) mass is 241 g/mol. The van der Waals surface area contributed by atoms with Gasteiger partial charge in [-0.25, -0.2) is 9.18 Å². The van der Waals surface area contributed by atoms with E-state index in [4.69, 9.17) is 5.11 Å². The molecule has 0 aliphatic carbocycles. The second kappa shape index (κ2) is 5.95. The molecule has 6 heteroatoms. The fraction of sp³-hybridized carbons (Fsp3) is 0.273. The first-order valence-electron chi connectivity index (χ1n) is 4.83. The summed E-state index contributed by atoms with van der Waals surface area (Å²) in [5.74, 6) is -2.73. The lowest BCUT2D eigenvalue weighted by Crippen LogP contribution is -2.44. The number of nitrogens with one attached hydrogen (secondary N) is 1. The molecule has 0 spiro atoms. The summed E-state index contributed by atoms with van der Waals surface area (Å²) in [6.45, 7) is -0.185. The van der Waals surface area contributed by atoms with Crippen LogP contribution in [0.4, 0.5) is 4.39 Å². The third-order valence-corrected chi connectivity index (χ3v) is 2.06. The van der Waals surface area contributed by atoms with E-state index < -0.39 is 23.7 Å². The minimum atomic E-state index is -1.24. The van der Waals surface area contributed by atoms with Gasteiger partial charge in [0.05, 0.1) is 12.2 Å². The number of hydrogen-bond acceptors (Lipinski definition) is 3. The molecule has 1 rings (SSSR count). The van der Waals surface area contributed by atoms with Crippen molar-refractivity contribution in [3.05, 3.63) is 35.6 Å². The SMILES string of the molecule is COCC(NC(=O)c1ccccc1F)C(=O)O. The van der Waals surface area contributed by atoms with Crippen molar-refractivity contribution < 1.29 is 23.8 Å². The summed E-state index contributed by atoms with van der Waals surface area (Å²) in [7, 11) is 1.31. The number of carboxylic acid groups (broad SMARTS) is 1. The van der Waals surface area contributed by atoms with Gasteiger partial charge >= 0.3 is 5.97 Å². The van der Waals surface area contributed by atoms with Crippen LogP contribution in [0.1, 0.15) is 10.4 Å². The maximum Gasteiger partial charge on any atom is 0.328 e. The van der Waals surface area contributed by atoms with Crippen molar-refractivity contribution in [1.82, 2.24) is 5.32 Å². The molecule has 92 valence electrons. The van der Waals surface area contributed by atoms with Gasteiger partial charge < -0.3 is 15.2 Å². The first-order chi connectivity index (χ1) is 8.06. The van der Waals surface area contributed by atoms with E-state index >= 15 is 0 Å². The Labute approximate surface area is 97.2 Å². The van der Waals surface area contributed by atoms with Gasteiger partial charge in [-0.05, 0) is 12.1 Å². The van der Waals surface area contributed by atoms with Crippen LogP contribution in [-0.4, -0.2) is 36.7 Å². The second-order valence-corrected chi connectivity index (χ2v) is 3.30. The minimum Gasteiger partial charge on any atom is -0.480 e. The predicted molar refractivity (Wildman–Crippen MR) is 57.2 cm³/mol. The number of amides is 1. The van der Waals surface area contributed by atoms with Gasteiger partial charge in [0, 0.05) is 7.11 Å². The Morgan fingerprint density at radius 1 is 1.47 bits per heavy atom. The molecule has 0 radical (unpaired) electrons. The number of aliphatic carboxylic acids is 1. The van der Waals surface area contributed by atoms with Gasteiger partial charge in [0.1, 0.15) is 5.82 Å². The predicted octanol–water partition coefficient (Wildman–Crippen LogP) is 0.655. The molecule has 0 aliphatic rings. The van der Waals surface area contributed by atoms with Gasteiger partial charge in [-0.15, -0.1) is 0 Å². The lowest BCUT2D eigenvalue weighted by Gasteiger charge is -2.13. The molecule has 0 aliphatic heterocycles. The van der Waals surface area contributed by atoms with Gasteiger partial charge in [0.2, 0.25) is 0 Å². The molecular formula is C11H12FNO4. The number of hydrogen-bond donors (Lipinski definition) is 2. The average Bonchev–Trinajstić information content (AvgIpc) is 2.28. The van der Waals surface area contributed by atoms with Crippen molar-refractivity contribution >= 4 is 11.9 Å². The first kappa shape index (κ1) is 13.1. The molecule has 17 heavy (non-hydrogen) atoms. The molecule has 1 unspecified atom stereocenters. The van der Waals surface area contributed by atoms with E-state index in [2.05, 4.69) is 10.1 Å². The normalized spacial score (nSPS) is 11.9. The zero-order valence-electron chi connectivity index (χ0n) is 9.14. The molecule has 1 atom stereocenters. The Morgan fingerprint density at radius 2 is 2.12 bits per heavy atom. The topological polar surface area (TPSA) is 75.6 Å². The summed E-state index contributed by atoms with van der Waals surface area (Å²) in [4.78, 5) is 22.3. The molecule has 2 N–H and O–H groups in total. The van der Waals surface area contributed by atoms with Crippen LogP contribution in [-0.2, 0) is 9.53 Å². The molecule has 0 heterocycles. The molecule has 5 nitrogen and oxygen atoms in total. The Balaban J connectivity index is 2.77. The summed E-state index contributed by atoms with van der Waals surface area (Å²) in [5, 5.41) is 11.0. The quantitative estimate of drug-likeness (QED) is 0.793. The van der Waals surface area contributed by atoms with Crippen molar-refractivity contribution in [2.24, 2.45) is 0 Å². The number of methoxy groups -OCH3 is 1. The van der Waals surface area contributed by atoms with Crippen molar-refractivity contribution in [2.75, 3.05) is 13.7 Å². The Hall–Kier alpha value is -1.95. The Kier molecular flexibility index (Phi) is 4.59. The molecule has 1 amide bonds. The van der Waals surface area contributed by atoms with Crippen LogP contribution in [0.2, 0.25) is 0 Å². The maximum atomic E-state index is 13.2. The summed E-state index contributed by atoms with van der Waals surface area (Å²) in [5.41, 5.74) is -0.199. The van der Waals surface area contributed by atoms with E-state index in [0.29, 0.717) is 0 Å². The summed E-state index contributed by atoms with van der Waals surface area (Å²) in [6.07, 6.45) is 0. The molecular weight excluding hydrogens is 229 g/mol. The van der Waals surface area contributed by atoms with Gasteiger partial charge in [-0.1, -0.05) is 12.1 Å². The van der Waals surface area contributed by atoms with E-state index in [1.807, 2.05) is 0 Å². The fourth-order valence-electron chi connectivity index (χ4n) is 1.22. The Morgan fingerprint density at radius 3 is 2.65 bits per heavy atom. The van der Waals surface area contributed by atoms with E-state index in [9.17, 15) is 14.0 Å². The lowest BCUT2D eigenvalue weighted by atomic mass is 10.2. The van der Waals surface area contributed by atoms with E-state index in [-0.39, 0.29) is 12.2 Å². The maximum absolute atomic E-state index is 13.2. The fourth-order valence-corrected chi connectivity index (χ4v) is 1.22. The van der Waals surface area contributed by atoms with Crippen molar-refractivity contribution in [1.29, 1.82) is 0 Å². The zero-order chi connectivity index (χ0) is 12.8. The highest BCUT2D eigenvalue weighted by Gasteiger charge is 2.21. The highest BCUT2D eigenvalue weighted by atomic mass is 19.1. The van der Waals surface area contributed by atoms with Gasteiger partial charge in [-0.2, -0.15) is 0 Å². The molecule has 0 aromatic heterocycles. The highest BCUT2D eigenvalue weighted by Crippen LogP contribution is 2.06. The molecule has 0 saturated carbocycles. The molecule has 0 fully saturated rings. The second-order valence-electron chi connectivity index (χ2n) is 3.30. The molecule has 0 saturated heterocycles. The minimum absolute atomic E-state index is 0.185. The third-order valence-electron chi connectivity index (χ3n) is 2.06. The number of benzene rings is 1. The molecule has 0 bridgehead atoms. The van der Waals surface area contributed by atoms with E-state index in [0.717, 1.165) is 6.07 Å². The molecule has 1 aromatic rings. The van der Waals surface area contributed by atoms with Crippen LogP contribution in [0.15, 0.2) is 24.3 Å². The zero-order valence-corrected chi connectivity index (χ0v) is 9.14. The number of carbonyl (C=O) groups excluding carboxylic acids is 1. The molecule has 1 aromatic carbocycles. The number of ether oxygens (including phenoxy) is 1. The summed E-state index contributed by atoms with van der Waals surface area (Å²) < 4.78 is 17.9. The Bertz CT molecular complexity index is 422.